The van der Waals surface area contributed by atoms with E-state index in [9.17, 15) is 0 Å². The summed E-state index contributed by atoms with van der Waals surface area (Å²) in [7, 11) is 0. The van der Waals surface area contributed by atoms with Gasteiger partial charge in [0.2, 0.25) is 0 Å². The fourth-order valence-electron chi connectivity index (χ4n) is 4.02. The van der Waals surface area contributed by atoms with E-state index >= 15 is 0 Å². The molecule has 0 amide bonds. The fourth-order valence-corrected chi connectivity index (χ4v) is 4.44. The van der Waals surface area contributed by atoms with Crippen molar-refractivity contribution < 1.29 is 0 Å². The predicted octanol–water partition coefficient (Wildman–Crippen LogP) is 6.97. The molecule has 0 aliphatic heterocycles. The van der Waals surface area contributed by atoms with E-state index in [0.29, 0.717) is 9.54 Å². The molecular formula is C25H20N4S2. The molecular weight excluding hydrogens is 420 g/mol. The van der Waals surface area contributed by atoms with Gasteiger partial charge in [-0.1, -0.05) is 91.0 Å². The van der Waals surface area contributed by atoms with Gasteiger partial charge >= 0.3 is 0 Å². The fraction of sp³-hybridized carbons (Fsp3) is 0.0400. The number of H-pyrrole nitrogens is 4. The second kappa shape index (κ2) is 8.34. The van der Waals surface area contributed by atoms with Crippen LogP contribution in [0.5, 0.6) is 0 Å². The molecule has 0 saturated carbocycles. The summed E-state index contributed by atoms with van der Waals surface area (Å²) in [6.45, 7) is 0. The maximum absolute atomic E-state index is 5.52. The first-order valence-electron chi connectivity index (χ1n) is 10.0. The molecule has 0 unspecified atom stereocenters. The van der Waals surface area contributed by atoms with Crippen molar-refractivity contribution in [1.82, 2.24) is 19.9 Å². The number of aromatic nitrogens is 4. The van der Waals surface area contributed by atoms with Crippen LogP contribution in [0.25, 0.3) is 22.5 Å². The Hall–Kier alpha value is -3.48. The van der Waals surface area contributed by atoms with Crippen LogP contribution in [0.1, 0.15) is 22.9 Å². The summed E-state index contributed by atoms with van der Waals surface area (Å²) in [6, 6.07) is 30.8. The molecule has 31 heavy (non-hydrogen) atoms. The number of benzene rings is 3. The Kier molecular flexibility index (Phi) is 5.24. The van der Waals surface area contributed by atoms with Crippen molar-refractivity contribution >= 4 is 24.4 Å². The van der Waals surface area contributed by atoms with E-state index in [1.165, 1.54) is 0 Å². The zero-order valence-electron chi connectivity index (χ0n) is 16.6. The zero-order chi connectivity index (χ0) is 21.2. The topological polar surface area (TPSA) is 63.2 Å². The Labute approximate surface area is 190 Å². The summed E-state index contributed by atoms with van der Waals surface area (Å²) in [4.78, 5) is 13.6. The number of nitrogens with one attached hydrogen (secondary N) is 4. The average Bonchev–Trinajstić information content (AvgIpc) is 3.39. The molecule has 0 saturated heterocycles. The van der Waals surface area contributed by atoms with Crippen molar-refractivity contribution in [3.8, 4) is 22.5 Å². The predicted molar refractivity (Wildman–Crippen MR) is 130 cm³/mol. The summed E-state index contributed by atoms with van der Waals surface area (Å²) >= 11 is 11.0. The first-order chi connectivity index (χ1) is 15.2. The van der Waals surface area contributed by atoms with Crippen molar-refractivity contribution in [3.63, 3.8) is 0 Å². The minimum Gasteiger partial charge on any atom is -0.333 e. The van der Waals surface area contributed by atoms with E-state index in [4.69, 9.17) is 24.4 Å². The van der Waals surface area contributed by atoms with Gasteiger partial charge in [-0.2, -0.15) is 0 Å². The van der Waals surface area contributed by atoms with Crippen molar-refractivity contribution in [2.75, 3.05) is 0 Å². The molecule has 4 N–H and O–H groups in total. The standard InChI is InChI=1S/C25H20N4S2/c30-24-26-20(17-12-6-2-7-13-17)22(28-24)19(16-10-4-1-5-11-16)23-21(27-25(31)29-23)18-14-8-3-9-15-18/h1-15,19H,(H2,26,28,30)(H2,27,29,31). The molecule has 2 heterocycles. The van der Waals surface area contributed by atoms with Gasteiger partial charge in [0.15, 0.2) is 9.54 Å². The van der Waals surface area contributed by atoms with Gasteiger partial charge in [0, 0.05) is 0 Å². The third-order valence-electron chi connectivity index (χ3n) is 5.35. The van der Waals surface area contributed by atoms with Crippen molar-refractivity contribution in [2.24, 2.45) is 0 Å². The molecule has 0 fully saturated rings. The Bertz CT molecular complexity index is 1320. The minimum atomic E-state index is -0.132. The first-order valence-corrected chi connectivity index (χ1v) is 10.8. The van der Waals surface area contributed by atoms with Gasteiger partial charge in [0.25, 0.3) is 0 Å². The highest BCUT2D eigenvalue weighted by Gasteiger charge is 2.27. The summed E-state index contributed by atoms with van der Waals surface area (Å²) in [5.41, 5.74) is 7.20. The lowest BCUT2D eigenvalue weighted by atomic mass is 9.88. The molecule has 0 spiro atoms. The second-order valence-electron chi connectivity index (χ2n) is 7.31. The molecule has 0 bridgehead atoms. The van der Waals surface area contributed by atoms with Crippen LogP contribution >= 0.6 is 24.4 Å². The van der Waals surface area contributed by atoms with E-state index in [0.717, 1.165) is 39.5 Å². The van der Waals surface area contributed by atoms with Gasteiger partial charge in [-0.15, -0.1) is 0 Å². The van der Waals surface area contributed by atoms with E-state index in [1.54, 1.807) is 0 Å². The van der Waals surface area contributed by atoms with Gasteiger partial charge < -0.3 is 19.9 Å². The molecule has 5 aromatic rings. The van der Waals surface area contributed by atoms with Gasteiger partial charge in [0.05, 0.1) is 28.7 Å². The molecule has 0 aliphatic carbocycles. The number of aromatic amines is 4. The first kappa shape index (κ1) is 19.5. The maximum Gasteiger partial charge on any atom is 0.175 e. The Morgan fingerprint density at radius 1 is 0.484 bits per heavy atom. The van der Waals surface area contributed by atoms with E-state index in [-0.39, 0.29) is 5.92 Å². The minimum absolute atomic E-state index is 0.132. The van der Waals surface area contributed by atoms with E-state index < -0.39 is 0 Å². The number of imidazole rings is 2. The molecule has 0 atom stereocenters. The van der Waals surface area contributed by atoms with Crippen LogP contribution in [-0.2, 0) is 0 Å². The summed E-state index contributed by atoms with van der Waals surface area (Å²) in [6.07, 6.45) is 0. The molecule has 6 heteroatoms. The Morgan fingerprint density at radius 3 is 1.29 bits per heavy atom. The lowest BCUT2D eigenvalue weighted by Crippen LogP contribution is -2.07. The van der Waals surface area contributed by atoms with Crippen LogP contribution in [-0.4, -0.2) is 19.9 Å². The van der Waals surface area contributed by atoms with Gasteiger partial charge in [0.1, 0.15) is 0 Å². The second-order valence-corrected chi connectivity index (χ2v) is 8.13. The lowest BCUT2D eigenvalue weighted by molar-refractivity contribution is 0.898. The maximum atomic E-state index is 5.52. The summed E-state index contributed by atoms with van der Waals surface area (Å²) in [5, 5.41) is 0. The molecule has 2 aromatic heterocycles. The van der Waals surface area contributed by atoms with Crippen molar-refractivity contribution in [2.45, 2.75) is 5.92 Å². The van der Waals surface area contributed by atoms with Crippen LogP contribution < -0.4 is 0 Å². The molecule has 0 radical (unpaired) electrons. The van der Waals surface area contributed by atoms with Crippen molar-refractivity contribution in [1.29, 1.82) is 0 Å². The van der Waals surface area contributed by atoms with E-state index in [2.05, 4.69) is 68.5 Å². The normalized spacial score (nSPS) is 11.1. The van der Waals surface area contributed by atoms with E-state index in [1.807, 2.05) is 42.5 Å². The highest BCUT2D eigenvalue weighted by Crippen LogP contribution is 2.39. The third-order valence-corrected chi connectivity index (χ3v) is 5.76. The van der Waals surface area contributed by atoms with Crippen LogP contribution in [0.3, 0.4) is 0 Å². The smallest absolute Gasteiger partial charge is 0.175 e. The van der Waals surface area contributed by atoms with Gasteiger partial charge in [-0.3, -0.25) is 0 Å². The summed E-state index contributed by atoms with van der Waals surface area (Å²) < 4.78 is 1.18. The van der Waals surface area contributed by atoms with Crippen LogP contribution in [0.2, 0.25) is 0 Å². The number of rotatable bonds is 5. The highest BCUT2D eigenvalue weighted by atomic mass is 32.1. The largest absolute Gasteiger partial charge is 0.333 e. The quantitative estimate of drug-likeness (QED) is 0.223. The highest BCUT2D eigenvalue weighted by molar-refractivity contribution is 7.71. The summed E-state index contributed by atoms with van der Waals surface area (Å²) in [5.74, 6) is -0.132. The van der Waals surface area contributed by atoms with Crippen LogP contribution in [0, 0.1) is 9.54 Å². The Morgan fingerprint density at radius 2 is 0.871 bits per heavy atom. The Balaban J connectivity index is 1.79. The van der Waals surface area contributed by atoms with Gasteiger partial charge in [-0.25, -0.2) is 0 Å². The molecule has 3 aromatic carbocycles. The number of hydrogen-bond donors (Lipinski definition) is 4. The lowest BCUT2D eigenvalue weighted by Gasteiger charge is -2.19. The zero-order valence-corrected chi connectivity index (χ0v) is 18.2. The van der Waals surface area contributed by atoms with Crippen LogP contribution in [0.4, 0.5) is 0 Å². The van der Waals surface area contributed by atoms with Crippen molar-refractivity contribution in [3.05, 3.63) is 117 Å². The van der Waals surface area contributed by atoms with Gasteiger partial charge in [-0.05, 0) is 41.1 Å². The number of hydrogen-bond acceptors (Lipinski definition) is 2. The van der Waals surface area contributed by atoms with Crippen LogP contribution in [0.15, 0.2) is 91.0 Å². The molecule has 4 nitrogen and oxygen atoms in total. The SMILES string of the molecule is S=c1[nH]c(-c2ccccc2)c(C(c2ccccc2)c2[nH]c(=S)[nH]c2-c2ccccc2)[nH]1. The molecule has 152 valence electrons. The molecule has 0 aliphatic rings. The monoisotopic (exact) mass is 440 g/mol. The molecule has 5 rings (SSSR count). The average molecular weight is 441 g/mol. The third kappa shape index (κ3) is 3.83.